The minimum atomic E-state index is -1.44. The standard InChI is InChI=1S/C29H44O7/c1-5-17-7-9-21-20-8-6-18-14-19(10-12-29(18,4)22(20)11-13-28(17,21)3)35-27-26(33)25(32)24(31)23(36-27)15-34-16(2)30/h5-6,17,19-27,31-33H,1,7-15H2,2-4H3/t17?,19-,20-,21?,22?,23?,24+,25?,26?,27+,28+,29-/m0/s1. The van der Waals surface area contributed by atoms with Crippen LogP contribution in [0.2, 0.25) is 0 Å². The Labute approximate surface area is 214 Å². The van der Waals surface area contributed by atoms with Crippen molar-refractivity contribution in [3.8, 4) is 0 Å². The molecule has 0 aromatic rings. The molecule has 4 aliphatic carbocycles. The highest BCUT2D eigenvalue weighted by atomic mass is 16.7. The first-order valence-electron chi connectivity index (χ1n) is 13.9. The Morgan fingerprint density at radius 1 is 1.11 bits per heavy atom. The van der Waals surface area contributed by atoms with E-state index in [1.54, 1.807) is 0 Å². The van der Waals surface area contributed by atoms with Gasteiger partial charge in [-0.3, -0.25) is 4.79 Å². The molecule has 1 heterocycles. The number of fused-ring (bicyclic) bond motifs is 5. The van der Waals surface area contributed by atoms with Gasteiger partial charge in [-0.05, 0) is 85.9 Å². The summed E-state index contributed by atoms with van der Waals surface area (Å²) in [7, 11) is 0. The molecule has 5 aliphatic rings. The van der Waals surface area contributed by atoms with Gasteiger partial charge in [0.05, 0.1) is 6.10 Å². The number of carbonyl (C=O) groups is 1. The molecule has 7 nitrogen and oxygen atoms in total. The average Bonchev–Trinajstić information content (AvgIpc) is 3.20. The Hall–Kier alpha value is -1.25. The molecule has 0 aromatic heterocycles. The predicted octanol–water partition coefficient (Wildman–Crippen LogP) is 3.51. The van der Waals surface area contributed by atoms with Crippen LogP contribution in [0.4, 0.5) is 0 Å². The second kappa shape index (κ2) is 9.81. The molecule has 0 spiro atoms. The summed E-state index contributed by atoms with van der Waals surface area (Å²) >= 11 is 0. The van der Waals surface area contributed by atoms with Crippen LogP contribution in [0, 0.1) is 34.5 Å². The molecule has 202 valence electrons. The van der Waals surface area contributed by atoms with Crippen LogP contribution in [0.15, 0.2) is 24.3 Å². The Morgan fingerprint density at radius 2 is 1.89 bits per heavy atom. The third kappa shape index (κ3) is 4.29. The Kier molecular flexibility index (Phi) is 7.18. The fraction of sp³-hybridized carbons (Fsp3) is 0.828. The maximum atomic E-state index is 11.2. The van der Waals surface area contributed by atoms with Crippen LogP contribution >= 0.6 is 0 Å². The zero-order chi connectivity index (χ0) is 25.8. The van der Waals surface area contributed by atoms with E-state index in [2.05, 4.69) is 32.6 Å². The van der Waals surface area contributed by atoms with Crippen molar-refractivity contribution in [1.29, 1.82) is 0 Å². The SMILES string of the molecule is C=CC1CCC2[C@@H]3CC=C4C[C@@H](O[C@@H]5OC(COC(C)=O)[C@@H](O)C(O)C5O)CC[C@]4(C)C3CC[C@]12C. The van der Waals surface area contributed by atoms with Crippen LogP contribution in [-0.2, 0) is 19.0 Å². The number of ether oxygens (including phenoxy) is 3. The second-order valence-corrected chi connectivity index (χ2v) is 12.5. The minimum absolute atomic E-state index is 0.136. The lowest BCUT2D eigenvalue weighted by molar-refractivity contribution is -0.313. The normalized spacial score (nSPS) is 50.3. The van der Waals surface area contributed by atoms with Gasteiger partial charge in [0.1, 0.15) is 31.0 Å². The van der Waals surface area contributed by atoms with Crippen molar-refractivity contribution >= 4 is 5.97 Å². The summed E-state index contributed by atoms with van der Waals surface area (Å²) in [4.78, 5) is 11.2. The second-order valence-electron chi connectivity index (χ2n) is 12.5. The fourth-order valence-corrected chi connectivity index (χ4v) is 8.73. The number of hydrogen-bond acceptors (Lipinski definition) is 7. The van der Waals surface area contributed by atoms with Crippen molar-refractivity contribution in [1.82, 2.24) is 0 Å². The van der Waals surface area contributed by atoms with E-state index in [0.717, 1.165) is 37.5 Å². The molecule has 4 fully saturated rings. The maximum absolute atomic E-state index is 11.2. The Balaban J connectivity index is 1.26. The third-order valence-corrected chi connectivity index (χ3v) is 10.9. The molecule has 1 aliphatic heterocycles. The molecule has 6 unspecified atom stereocenters. The van der Waals surface area contributed by atoms with Crippen LogP contribution in [0.3, 0.4) is 0 Å². The smallest absolute Gasteiger partial charge is 0.302 e. The van der Waals surface area contributed by atoms with Crippen molar-refractivity contribution in [3.05, 3.63) is 24.3 Å². The lowest BCUT2D eigenvalue weighted by atomic mass is 9.47. The summed E-state index contributed by atoms with van der Waals surface area (Å²) in [5, 5.41) is 31.1. The number of aliphatic hydroxyl groups is 3. The molecule has 36 heavy (non-hydrogen) atoms. The highest BCUT2D eigenvalue weighted by Gasteiger charge is 2.58. The highest BCUT2D eigenvalue weighted by Crippen LogP contribution is 2.66. The quantitative estimate of drug-likeness (QED) is 0.389. The summed E-state index contributed by atoms with van der Waals surface area (Å²) < 4.78 is 17.0. The first kappa shape index (κ1) is 26.4. The van der Waals surface area contributed by atoms with Gasteiger partial charge < -0.3 is 29.5 Å². The molecule has 1 saturated heterocycles. The molecule has 12 atom stereocenters. The lowest BCUT2D eigenvalue weighted by Gasteiger charge is -2.58. The molecule has 3 saturated carbocycles. The van der Waals surface area contributed by atoms with E-state index in [9.17, 15) is 20.1 Å². The van der Waals surface area contributed by atoms with Crippen LogP contribution in [-0.4, -0.2) is 64.7 Å². The molecular weight excluding hydrogens is 460 g/mol. The zero-order valence-corrected chi connectivity index (χ0v) is 22.0. The van der Waals surface area contributed by atoms with E-state index < -0.39 is 36.7 Å². The molecule has 0 radical (unpaired) electrons. The number of aliphatic hydroxyl groups excluding tert-OH is 3. The van der Waals surface area contributed by atoms with Gasteiger partial charge in [-0.25, -0.2) is 0 Å². The molecule has 7 heteroatoms. The van der Waals surface area contributed by atoms with Gasteiger partial charge in [-0.2, -0.15) is 0 Å². The van der Waals surface area contributed by atoms with Gasteiger partial charge in [0.2, 0.25) is 0 Å². The number of carbonyl (C=O) groups excluding carboxylic acids is 1. The number of esters is 1. The Bertz CT molecular complexity index is 887. The summed E-state index contributed by atoms with van der Waals surface area (Å²) in [5.41, 5.74) is 2.04. The van der Waals surface area contributed by atoms with E-state index >= 15 is 0 Å². The van der Waals surface area contributed by atoms with Crippen LogP contribution < -0.4 is 0 Å². The van der Waals surface area contributed by atoms with Crippen molar-refractivity contribution in [3.63, 3.8) is 0 Å². The fourth-order valence-electron chi connectivity index (χ4n) is 8.73. The van der Waals surface area contributed by atoms with Crippen LogP contribution in [0.5, 0.6) is 0 Å². The predicted molar refractivity (Wildman–Crippen MR) is 134 cm³/mol. The van der Waals surface area contributed by atoms with Crippen LogP contribution in [0.25, 0.3) is 0 Å². The molecular formula is C29H44O7. The maximum Gasteiger partial charge on any atom is 0.302 e. The molecule has 0 bridgehead atoms. The molecule has 5 rings (SSSR count). The zero-order valence-electron chi connectivity index (χ0n) is 22.0. The van der Waals surface area contributed by atoms with Gasteiger partial charge in [-0.1, -0.05) is 31.6 Å². The molecule has 3 N–H and O–H groups in total. The van der Waals surface area contributed by atoms with E-state index in [1.807, 2.05) is 0 Å². The van der Waals surface area contributed by atoms with E-state index in [1.165, 1.54) is 38.2 Å². The largest absolute Gasteiger partial charge is 0.463 e. The minimum Gasteiger partial charge on any atom is -0.463 e. The number of hydrogen-bond donors (Lipinski definition) is 3. The Morgan fingerprint density at radius 3 is 2.61 bits per heavy atom. The lowest BCUT2D eigenvalue weighted by Crippen LogP contribution is -2.60. The van der Waals surface area contributed by atoms with E-state index in [4.69, 9.17) is 14.2 Å². The number of rotatable bonds is 5. The van der Waals surface area contributed by atoms with Gasteiger partial charge >= 0.3 is 5.97 Å². The molecule has 0 aromatic carbocycles. The van der Waals surface area contributed by atoms with Crippen molar-refractivity contribution in [2.24, 2.45) is 34.5 Å². The first-order valence-corrected chi connectivity index (χ1v) is 13.9. The molecule has 0 amide bonds. The van der Waals surface area contributed by atoms with Crippen molar-refractivity contribution < 1.29 is 34.3 Å². The first-order chi connectivity index (χ1) is 17.1. The van der Waals surface area contributed by atoms with Crippen LogP contribution in [0.1, 0.15) is 72.1 Å². The van der Waals surface area contributed by atoms with Gasteiger partial charge in [0.15, 0.2) is 6.29 Å². The van der Waals surface area contributed by atoms with Gasteiger partial charge in [0, 0.05) is 6.92 Å². The van der Waals surface area contributed by atoms with E-state index in [0.29, 0.717) is 17.3 Å². The number of allylic oxidation sites excluding steroid dienone is 2. The van der Waals surface area contributed by atoms with Crippen molar-refractivity contribution in [2.45, 2.75) is 109 Å². The summed E-state index contributed by atoms with van der Waals surface area (Å²) in [5.74, 6) is 2.35. The topological polar surface area (TPSA) is 105 Å². The summed E-state index contributed by atoms with van der Waals surface area (Å²) in [6.07, 6.45) is 7.30. The highest BCUT2D eigenvalue weighted by molar-refractivity contribution is 5.65. The monoisotopic (exact) mass is 504 g/mol. The van der Waals surface area contributed by atoms with Gasteiger partial charge in [-0.15, -0.1) is 6.58 Å². The summed E-state index contributed by atoms with van der Waals surface area (Å²) in [6.45, 7) is 10.2. The average molecular weight is 505 g/mol. The third-order valence-electron chi connectivity index (χ3n) is 10.9. The van der Waals surface area contributed by atoms with Gasteiger partial charge in [0.25, 0.3) is 0 Å². The van der Waals surface area contributed by atoms with Crippen molar-refractivity contribution in [2.75, 3.05) is 6.61 Å². The van der Waals surface area contributed by atoms with E-state index in [-0.39, 0.29) is 18.1 Å². The summed E-state index contributed by atoms with van der Waals surface area (Å²) in [6, 6.07) is 0.